The second-order valence-electron chi connectivity index (χ2n) is 5.20. The lowest BCUT2D eigenvalue weighted by Crippen LogP contribution is -2.40. The molecule has 1 aliphatic rings. The van der Waals surface area contributed by atoms with Crippen molar-refractivity contribution in [3.63, 3.8) is 0 Å². The highest BCUT2D eigenvalue weighted by Crippen LogP contribution is 2.27. The smallest absolute Gasteiger partial charge is 0.218 e. The molecule has 1 fully saturated rings. The maximum absolute atomic E-state index is 5.65. The van der Waals surface area contributed by atoms with Gasteiger partial charge >= 0.3 is 0 Å². The van der Waals surface area contributed by atoms with E-state index in [9.17, 15) is 0 Å². The average molecular weight is 328 g/mol. The summed E-state index contributed by atoms with van der Waals surface area (Å²) in [7, 11) is 0. The topological polar surface area (TPSA) is 38.2 Å². The van der Waals surface area contributed by atoms with Gasteiger partial charge in [0.15, 0.2) is 0 Å². The molecule has 0 aromatic carbocycles. The highest BCUT2D eigenvalue weighted by molar-refractivity contribution is 9.09. The summed E-state index contributed by atoms with van der Waals surface area (Å²) >= 11 is 3.55. The third-order valence-electron chi connectivity index (χ3n) is 3.35. The Labute approximate surface area is 123 Å². The monoisotopic (exact) mass is 327 g/mol. The van der Waals surface area contributed by atoms with Crippen LogP contribution in [0.2, 0.25) is 0 Å². The molecule has 1 atom stereocenters. The summed E-state index contributed by atoms with van der Waals surface area (Å²) < 4.78 is 5.65. The molecule has 0 amide bonds. The number of ether oxygens (including phenoxy) is 1. The molecule has 2 heterocycles. The van der Waals surface area contributed by atoms with Gasteiger partial charge < -0.3 is 9.64 Å². The van der Waals surface area contributed by atoms with Crippen LogP contribution >= 0.6 is 15.9 Å². The van der Waals surface area contributed by atoms with Crippen molar-refractivity contribution in [2.24, 2.45) is 0 Å². The number of hydrogen-bond acceptors (Lipinski definition) is 4. The Balaban J connectivity index is 2.14. The maximum atomic E-state index is 5.65. The quantitative estimate of drug-likeness (QED) is 0.777. The highest BCUT2D eigenvalue weighted by atomic mass is 79.9. The van der Waals surface area contributed by atoms with Crippen LogP contribution in [0.5, 0.6) is 5.88 Å². The van der Waals surface area contributed by atoms with Crippen molar-refractivity contribution in [2.75, 3.05) is 16.8 Å². The van der Waals surface area contributed by atoms with E-state index < -0.39 is 0 Å². The molecule has 2 rings (SSSR count). The first-order valence-corrected chi connectivity index (χ1v) is 8.14. The molecule has 106 valence electrons. The number of nitrogens with zero attached hydrogens (tertiary/aromatic N) is 3. The van der Waals surface area contributed by atoms with E-state index in [1.54, 1.807) is 6.33 Å². The molecular formula is C14H22BrN3O. The van der Waals surface area contributed by atoms with Gasteiger partial charge in [-0.1, -0.05) is 15.9 Å². The van der Waals surface area contributed by atoms with Crippen LogP contribution in [0.15, 0.2) is 12.4 Å². The van der Waals surface area contributed by atoms with E-state index in [1.807, 2.05) is 19.9 Å². The van der Waals surface area contributed by atoms with E-state index in [0.29, 0.717) is 11.9 Å². The molecule has 1 saturated heterocycles. The summed E-state index contributed by atoms with van der Waals surface area (Å²) in [5.41, 5.74) is 0. The Bertz CT molecular complexity index is 398. The number of piperidine rings is 1. The molecule has 1 aliphatic heterocycles. The molecule has 0 spiro atoms. The predicted octanol–water partition coefficient (Wildman–Crippen LogP) is 3.41. The van der Waals surface area contributed by atoms with Crippen LogP contribution in [-0.4, -0.2) is 34.0 Å². The van der Waals surface area contributed by atoms with Gasteiger partial charge in [0, 0.05) is 24.0 Å². The number of rotatable bonds is 5. The maximum Gasteiger partial charge on any atom is 0.218 e. The summed E-state index contributed by atoms with van der Waals surface area (Å²) in [6.07, 6.45) is 6.70. The molecule has 0 N–H and O–H groups in total. The number of anilines is 1. The molecule has 19 heavy (non-hydrogen) atoms. The molecule has 1 aromatic rings. The van der Waals surface area contributed by atoms with Gasteiger partial charge in [-0.25, -0.2) is 9.97 Å². The van der Waals surface area contributed by atoms with Gasteiger partial charge in [0.25, 0.3) is 0 Å². The lowest BCUT2D eigenvalue weighted by Gasteiger charge is -2.36. The van der Waals surface area contributed by atoms with E-state index in [-0.39, 0.29) is 6.10 Å². The predicted molar refractivity (Wildman–Crippen MR) is 81.2 cm³/mol. The van der Waals surface area contributed by atoms with Crippen molar-refractivity contribution in [1.29, 1.82) is 0 Å². The SMILES string of the molecule is CC(C)Oc1cc(N2CCCCC2CCBr)ncn1. The highest BCUT2D eigenvalue weighted by Gasteiger charge is 2.23. The molecule has 1 aromatic heterocycles. The van der Waals surface area contributed by atoms with Gasteiger partial charge in [-0.2, -0.15) is 0 Å². The van der Waals surface area contributed by atoms with E-state index >= 15 is 0 Å². The van der Waals surface area contributed by atoms with Gasteiger partial charge in [0.2, 0.25) is 5.88 Å². The van der Waals surface area contributed by atoms with Crippen molar-refractivity contribution >= 4 is 21.7 Å². The zero-order valence-electron chi connectivity index (χ0n) is 11.7. The van der Waals surface area contributed by atoms with Gasteiger partial charge in [-0.15, -0.1) is 0 Å². The fraction of sp³-hybridized carbons (Fsp3) is 0.714. The van der Waals surface area contributed by atoms with Gasteiger partial charge in [0.1, 0.15) is 12.1 Å². The van der Waals surface area contributed by atoms with E-state index in [1.165, 1.54) is 19.3 Å². The largest absolute Gasteiger partial charge is 0.475 e. The molecule has 4 nitrogen and oxygen atoms in total. The van der Waals surface area contributed by atoms with Gasteiger partial charge in [0.05, 0.1) is 6.10 Å². The Morgan fingerprint density at radius 3 is 3.00 bits per heavy atom. The number of aromatic nitrogens is 2. The van der Waals surface area contributed by atoms with Gasteiger partial charge in [-0.05, 0) is 39.5 Å². The van der Waals surface area contributed by atoms with Crippen LogP contribution < -0.4 is 9.64 Å². The first kappa shape index (κ1) is 14.6. The summed E-state index contributed by atoms with van der Waals surface area (Å²) in [6.45, 7) is 5.10. The second kappa shape index (κ2) is 7.08. The minimum Gasteiger partial charge on any atom is -0.475 e. The van der Waals surface area contributed by atoms with Crippen molar-refractivity contribution < 1.29 is 4.74 Å². The van der Waals surface area contributed by atoms with E-state index in [4.69, 9.17) is 4.74 Å². The Hall–Kier alpha value is -0.840. The molecule has 0 aliphatic carbocycles. The van der Waals surface area contributed by atoms with Crippen LogP contribution in [0.1, 0.15) is 39.5 Å². The first-order chi connectivity index (χ1) is 9.20. The molecular weight excluding hydrogens is 306 g/mol. The molecule has 0 saturated carbocycles. The number of alkyl halides is 1. The van der Waals surface area contributed by atoms with Crippen LogP contribution in [0.25, 0.3) is 0 Å². The molecule has 5 heteroatoms. The van der Waals surface area contributed by atoms with Crippen molar-refractivity contribution in [2.45, 2.75) is 51.7 Å². The summed E-state index contributed by atoms with van der Waals surface area (Å²) in [5.74, 6) is 1.67. The zero-order valence-corrected chi connectivity index (χ0v) is 13.3. The molecule has 1 unspecified atom stereocenters. The van der Waals surface area contributed by atoms with Crippen LogP contribution in [0.3, 0.4) is 0 Å². The van der Waals surface area contributed by atoms with Crippen LogP contribution in [0, 0.1) is 0 Å². The minimum atomic E-state index is 0.141. The lowest BCUT2D eigenvalue weighted by molar-refractivity contribution is 0.232. The van der Waals surface area contributed by atoms with E-state index in [0.717, 1.165) is 24.1 Å². The summed E-state index contributed by atoms with van der Waals surface area (Å²) in [6, 6.07) is 2.54. The van der Waals surface area contributed by atoms with Crippen LogP contribution in [-0.2, 0) is 0 Å². The third-order valence-corrected chi connectivity index (χ3v) is 3.81. The van der Waals surface area contributed by atoms with Crippen molar-refractivity contribution in [3.05, 3.63) is 12.4 Å². The summed E-state index contributed by atoms with van der Waals surface area (Å²) in [5, 5.41) is 1.04. The summed E-state index contributed by atoms with van der Waals surface area (Å²) in [4.78, 5) is 11.0. The fourth-order valence-corrected chi connectivity index (χ4v) is 3.05. The fourth-order valence-electron chi connectivity index (χ4n) is 2.52. The number of halogens is 1. The van der Waals surface area contributed by atoms with Crippen molar-refractivity contribution in [3.8, 4) is 5.88 Å². The standard InChI is InChI=1S/C14H22BrN3O/c1-11(2)19-14-9-13(16-10-17-14)18-8-4-3-5-12(18)6-7-15/h9-12H,3-8H2,1-2H3. The number of hydrogen-bond donors (Lipinski definition) is 0. The minimum absolute atomic E-state index is 0.141. The Morgan fingerprint density at radius 2 is 2.26 bits per heavy atom. The normalized spacial score (nSPS) is 19.8. The van der Waals surface area contributed by atoms with Crippen LogP contribution in [0.4, 0.5) is 5.82 Å². The third kappa shape index (κ3) is 4.06. The van der Waals surface area contributed by atoms with E-state index in [2.05, 4.69) is 30.8 Å². The average Bonchev–Trinajstić information content (AvgIpc) is 2.39. The second-order valence-corrected chi connectivity index (χ2v) is 5.99. The zero-order chi connectivity index (χ0) is 13.7. The molecule has 0 bridgehead atoms. The van der Waals surface area contributed by atoms with Gasteiger partial charge in [-0.3, -0.25) is 0 Å². The first-order valence-electron chi connectivity index (χ1n) is 7.02. The molecule has 0 radical (unpaired) electrons. The lowest BCUT2D eigenvalue weighted by atomic mass is 10.0. The Morgan fingerprint density at radius 1 is 1.42 bits per heavy atom. The van der Waals surface area contributed by atoms with Crippen molar-refractivity contribution in [1.82, 2.24) is 9.97 Å². The Kier molecular flexibility index (Phi) is 5.43.